The molecule has 1 aromatic carbocycles. The molecule has 2 saturated heterocycles. The lowest BCUT2D eigenvalue weighted by molar-refractivity contribution is -0.174. The number of fused-ring (bicyclic) bond motifs is 3. The predicted octanol–water partition coefficient (Wildman–Crippen LogP) is 4.83. The molecule has 3 heterocycles. The Labute approximate surface area is 187 Å². The van der Waals surface area contributed by atoms with Crippen LogP contribution in [-0.2, 0) is 20.7 Å². The van der Waals surface area contributed by atoms with Crippen LogP contribution in [0, 0.1) is 17.3 Å². The molecular weight excluding hydrogens is 390 g/mol. The Morgan fingerprint density at radius 2 is 2.19 bits per heavy atom. The van der Waals surface area contributed by atoms with Crippen molar-refractivity contribution >= 4 is 5.97 Å². The molecule has 4 rings (SSSR count). The fourth-order valence-corrected chi connectivity index (χ4v) is 5.87. The van der Waals surface area contributed by atoms with Crippen molar-refractivity contribution in [1.29, 1.82) is 0 Å². The van der Waals surface area contributed by atoms with Gasteiger partial charge in [-0.25, -0.2) is 0 Å². The van der Waals surface area contributed by atoms with Crippen LogP contribution in [0.4, 0.5) is 0 Å². The smallest absolute Gasteiger partial charge is 0.309 e. The van der Waals surface area contributed by atoms with Crippen LogP contribution in [0.1, 0.15) is 76.5 Å². The van der Waals surface area contributed by atoms with Gasteiger partial charge in [-0.1, -0.05) is 26.3 Å². The van der Waals surface area contributed by atoms with Crippen molar-refractivity contribution in [2.24, 2.45) is 17.3 Å². The van der Waals surface area contributed by atoms with Gasteiger partial charge in [-0.15, -0.1) is 0 Å². The highest BCUT2D eigenvalue weighted by atomic mass is 16.5. The van der Waals surface area contributed by atoms with Crippen molar-refractivity contribution in [3.63, 3.8) is 0 Å². The van der Waals surface area contributed by atoms with Crippen LogP contribution in [-0.4, -0.2) is 38.4 Å². The molecule has 1 aromatic rings. The third-order valence-corrected chi connectivity index (χ3v) is 7.69. The Morgan fingerprint density at radius 3 is 2.90 bits per heavy atom. The summed E-state index contributed by atoms with van der Waals surface area (Å²) in [5.41, 5.74) is 2.04. The SMILES string of the molecule is COC(=O)Cc1ccc2c(c1)[C@@H]1OC[C@@]3(CCCNC3)C[C@H]1[C@](C)(CCCC(C)C)O2. The first-order valence-corrected chi connectivity index (χ1v) is 12.1. The van der Waals surface area contributed by atoms with E-state index in [-0.39, 0.29) is 29.5 Å². The minimum Gasteiger partial charge on any atom is -0.487 e. The van der Waals surface area contributed by atoms with Gasteiger partial charge in [0.1, 0.15) is 11.4 Å². The topological polar surface area (TPSA) is 56.8 Å². The Morgan fingerprint density at radius 1 is 1.35 bits per heavy atom. The van der Waals surface area contributed by atoms with Crippen molar-refractivity contribution in [2.45, 2.75) is 77.4 Å². The first kappa shape index (κ1) is 22.6. The number of nitrogens with one attached hydrogen (secondary N) is 1. The number of hydrogen-bond acceptors (Lipinski definition) is 5. The second-order valence-corrected chi connectivity index (χ2v) is 10.6. The highest BCUT2D eigenvalue weighted by Crippen LogP contribution is 2.55. The van der Waals surface area contributed by atoms with Gasteiger partial charge in [0, 0.05) is 23.4 Å². The monoisotopic (exact) mass is 429 g/mol. The molecule has 0 saturated carbocycles. The van der Waals surface area contributed by atoms with Crippen LogP contribution >= 0.6 is 0 Å². The van der Waals surface area contributed by atoms with E-state index in [1.807, 2.05) is 12.1 Å². The zero-order valence-corrected chi connectivity index (χ0v) is 19.7. The number of hydrogen-bond donors (Lipinski definition) is 1. The summed E-state index contributed by atoms with van der Waals surface area (Å²) in [7, 11) is 1.43. The Bertz CT molecular complexity index is 786. The molecule has 3 aliphatic heterocycles. The Balaban J connectivity index is 1.64. The molecule has 0 unspecified atom stereocenters. The lowest BCUT2D eigenvalue weighted by atomic mass is 9.64. The van der Waals surface area contributed by atoms with Gasteiger partial charge >= 0.3 is 5.97 Å². The standard InChI is InChI=1S/C26H39NO4/c1-18(2)7-5-10-25(3)21-15-26(11-6-12-27-16-26)17-30-24(21)20-13-19(14-23(28)29-4)8-9-22(20)31-25/h8-9,13,18,21,24,27H,5-7,10-12,14-17H2,1-4H3/t21-,24+,25+,26+/m1/s1. The van der Waals surface area contributed by atoms with Gasteiger partial charge in [-0.2, -0.15) is 0 Å². The number of rotatable bonds is 6. The van der Waals surface area contributed by atoms with Gasteiger partial charge in [0.2, 0.25) is 0 Å². The number of carbonyl (C=O) groups excluding carboxylic acids is 1. The second kappa shape index (κ2) is 9.11. The summed E-state index contributed by atoms with van der Waals surface area (Å²) >= 11 is 0. The first-order valence-electron chi connectivity index (χ1n) is 12.1. The van der Waals surface area contributed by atoms with Crippen LogP contribution < -0.4 is 10.1 Å². The number of methoxy groups -OCH3 is 1. The highest BCUT2D eigenvalue weighted by molar-refractivity contribution is 5.72. The first-order chi connectivity index (χ1) is 14.8. The van der Waals surface area contributed by atoms with Gasteiger partial charge < -0.3 is 19.5 Å². The fourth-order valence-electron chi connectivity index (χ4n) is 5.87. The van der Waals surface area contributed by atoms with Crippen molar-refractivity contribution in [2.75, 3.05) is 26.8 Å². The van der Waals surface area contributed by atoms with Crippen LogP contribution in [0.2, 0.25) is 0 Å². The third kappa shape index (κ3) is 4.78. The Kier molecular flexibility index (Phi) is 6.64. The van der Waals surface area contributed by atoms with E-state index in [1.165, 1.54) is 32.8 Å². The van der Waals surface area contributed by atoms with Gasteiger partial charge in [0.05, 0.1) is 26.2 Å². The van der Waals surface area contributed by atoms with Gasteiger partial charge in [-0.05, 0) is 69.2 Å². The predicted molar refractivity (Wildman–Crippen MR) is 121 cm³/mol. The molecular formula is C26H39NO4. The van der Waals surface area contributed by atoms with Gasteiger partial charge in [0.25, 0.3) is 0 Å². The molecule has 1 spiro atoms. The lowest BCUT2D eigenvalue weighted by Gasteiger charge is -2.54. The molecule has 0 aliphatic carbocycles. The van der Waals surface area contributed by atoms with E-state index in [9.17, 15) is 4.79 Å². The van der Waals surface area contributed by atoms with Crippen molar-refractivity contribution in [3.05, 3.63) is 29.3 Å². The summed E-state index contributed by atoms with van der Waals surface area (Å²) in [5, 5.41) is 3.61. The molecule has 2 fully saturated rings. The van der Waals surface area contributed by atoms with Gasteiger partial charge in [0.15, 0.2) is 0 Å². The maximum Gasteiger partial charge on any atom is 0.309 e. The molecule has 5 heteroatoms. The van der Waals surface area contributed by atoms with Crippen molar-refractivity contribution in [1.82, 2.24) is 5.32 Å². The van der Waals surface area contributed by atoms with Crippen LogP contribution in [0.15, 0.2) is 18.2 Å². The molecule has 0 bridgehead atoms. The highest BCUT2D eigenvalue weighted by Gasteiger charge is 2.53. The number of ether oxygens (including phenoxy) is 3. The zero-order chi connectivity index (χ0) is 22.1. The summed E-state index contributed by atoms with van der Waals surface area (Å²) in [5.74, 6) is 1.71. The number of piperidine rings is 1. The summed E-state index contributed by atoms with van der Waals surface area (Å²) in [6.45, 7) is 9.82. The normalized spacial score (nSPS) is 32.3. The van der Waals surface area contributed by atoms with Crippen LogP contribution in [0.5, 0.6) is 5.75 Å². The Hall–Kier alpha value is -1.59. The van der Waals surface area contributed by atoms with E-state index in [4.69, 9.17) is 14.2 Å². The van der Waals surface area contributed by atoms with E-state index in [1.54, 1.807) is 0 Å². The molecule has 0 amide bonds. The van der Waals surface area contributed by atoms with Crippen molar-refractivity contribution < 1.29 is 19.0 Å². The van der Waals surface area contributed by atoms with E-state index >= 15 is 0 Å². The molecule has 172 valence electrons. The fraction of sp³-hybridized carbons (Fsp3) is 0.731. The molecule has 3 aliphatic rings. The minimum absolute atomic E-state index is 0.0259. The largest absolute Gasteiger partial charge is 0.487 e. The quantitative estimate of drug-likeness (QED) is 0.657. The van der Waals surface area contributed by atoms with Crippen LogP contribution in [0.25, 0.3) is 0 Å². The summed E-state index contributed by atoms with van der Waals surface area (Å²) in [6, 6.07) is 6.12. The van der Waals surface area contributed by atoms with Gasteiger partial charge in [-0.3, -0.25) is 4.79 Å². The second-order valence-electron chi connectivity index (χ2n) is 10.6. The molecule has 0 aromatic heterocycles. The number of carbonyl (C=O) groups is 1. The van der Waals surface area contributed by atoms with E-state index in [2.05, 4.69) is 32.2 Å². The summed E-state index contributed by atoms with van der Waals surface area (Å²) < 4.78 is 18.3. The molecule has 31 heavy (non-hydrogen) atoms. The van der Waals surface area contributed by atoms with Crippen molar-refractivity contribution in [3.8, 4) is 5.75 Å². The summed E-state index contributed by atoms with van der Waals surface area (Å²) in [4.78, 5) is 11.8. The molecule has 0 radical (unpaired) electrons. The molecule has 5 nitrogen and oxygen atoms in total. The van der Waals surface area contributed by atoms with E-state index < -0.39 is 0 Å². The van der Waals surface area contributed by atoms with Crippen LogP contribution in [0.3, 0.4) is 0 Å². The average molecular weight is 430 g/mol. The molecule has 1 N–H and O–H groups in total. The average Bonchev–Trinajstić information content (AvgIpc) is 2.75. The summed E-state index contributed by atoms with van der Waals surface area (Å²) in [6.07, 6.45) is 7.30. The number of benzene rings is 1. The molecule has 4 atom stereocenters. The third-order valence-electron chi connectivity index (χ3n) is 7.69. The maximum absolute atomic E-state index is 11.8. The minimum atomic E-state index is -0.235. The maximum atomic E-state index is 11.8. The number of esters is 1. The van der Waals surface area contributed by atoms with E-state index in [0.29, 0.717) is 11.8 Å². The zero-order valence-electron chi connectivity index (χ0n) is 19.7. The van der Waals surface area contributed by atoms with E-state index in [0.717, 1.165) is 49.4 Å². The lowest BCUT2D eigenvalue weighted by Crippen LogP contribution is -2.56.